The van der Waals surface area contributed by atoms with E-state index in [9.17, 15) is 0 Å². The first-order chi connectivity index (χ1) is 9.86. The van der Waals surface area contributed by atoms with Crippen molar-refractivity contribution in [3.8, 4) is 0 Å². The Labute approximate surface area is 129 Å². The predicted molar refractivity (Wildman–Crippen MR) is 88.3 cm³/mol. The van der Waals surface area contributed by atoms with Crippen molar-refractivity contribution in [3.63, 3.8) is 0 Å². The molecule has 4 nitrogen and oxygen atoms in total. The summed E-state index contributed by atoms with van der Waals surface area (Å²) >= 11 is 0. The summed E-state index contributed by atoms with van der Waals surface area (Å²) in [5.41, 5.74) is 8.74. The third kappa shape index (κ3) is 4.07. The minimum atomic E-state index is 0.0570. The Morgan fingerprint density at radius 3 is 2.57 bits per heavy atom. The van der Waals surface area contributed by atoms with E-state index in [0.29, 0.717) is 12.6 Å². The first kappa shape index (κ1) is 16.5. The van der Waals surface area contributed by atoms with Crippen molar-refractivity contribution >= 4 is 0 Å². The molecular formula is C17H32N4. The fraction of sp³-hybridized carbons (Fsp3) is 0.824. The van der Waals surface area contributed by atoms with Crippen molar-refractivity contribution < 1.29 is 0 Å². The second kappa shape index (κ2) is 6.49. The van der Waals surface area contributed by atoms with Gasteiger partial charge in [-0.15, -0.1) is 0 Å². The summed E-state index contributed by atoms with van der Waals surface area (Å²) in [6.45, 7) is 11.9. The average Bonchev–Trinajstić information content (AvgIpc) is 3.10. The fourth-order valence-electron chi connectivity index (χ4n) is 3.10. The third-order valence-electron chi connectivity index (χ3n) is 4.29. The Morgan fingerprint density at radius 1 is 1.43 bits per heavy atom. The van der Waals surface area contributed by atoms with Gasteiger partial charge in [-0.2, -0.15) is 5.10 Å². The molecule has 120 valence electrons. The number of nitrogens with two attached hydrogens (primary N) is 1. The number of aryl methyl sites for hydroxylation is 1. The van der Waals surface area contributed by atoms with Crippen LogP contribution in [0.15, 0.2) is 6.20 Å². The lowest BCUT2D eigenvalue weighted by Gasteiger charge is -2.32. The van der Waals surface area contributed by atoms with Gasteiger partial charge in [0.25, 0.3) is 0 Å². The lowest BCUT2D eigenvalue weighted by molar-refractivity contribution is 0.191. The minimum Gasteiger partial charge on any atom is -0.329 e. The largest absolute Gasteiger partial charge is 0.329 e. The second-order valence-corrected chi connectivity index (χ2v) is 7.55. The molecule has 1 aliphatic carbocycles. The molecule has 0 bridgehead atoms. The zero-order chi connectivity index (χ0) is 15.6. The summed E-state index contributed by atoms with van der Waals surface area (Å²) in [5.74, 6) is 0.889. The Hall–Kier alpha value is -0.870. The lowest BCUT2D eigenvalue weighted by atomic mass is 9.87. The molecule has 0 saturated heterocycles. The highest BCUT2D eigenvalue weighted by molar-refractivity contribution is 5.28. The third-order valence-corrected chi connectivity index (χ3v) is 4.29. The fourth-order valence-corrected chi connectivity index (χ4v) is 3.10. The smallest absolute Gasteiger partial charge is 0.0726 e. The molecule has 1 fully saturated rings. The first-order valence-electron chi connectivity index (χ1n) is 8.35. The van der Waals surface area contributed by atoms with Crippen LogP contribution >= 0.6 is 0 Å². The molecule has 1 aliphatic rings. The van der Waals surface area contributed by atoms with E-state index in [1.807, 2.05) is 11.7 Å². The molecule has 0 aliphatic heterocycles. The summed E-state index contributed by atoms with van der Waals surface area (Å²) in [6.07, 6.45) is 6.12. The van der Waals surface area contributed by atoms with Gasteiger partial charge in [-0.05, 0) is 31.7 Å². The highest BCUT2D eigenvalue weighted by Gasteiger charge is 2.32. The summed E-state index contributed by atoms with van der Waals surface area (Å²) in [5, 5.41) is 4.72. The van der Waals surface area contributed by atoms with Gasteiger partial charge in [0, 0.05) is 37.3 Å². The number of rotatable bonds is 7. The molecule has 2 N–H and O–H groups in total. The quantitative estimate of drug-likeness (QED) is 0.840. The van der Waals surface area contributed by atoms with Gasteiger partial charge in [0.05, 0.1) is 11.7 Å². The molecule has 21 heavy (non-hydrogen) atoms. The van der Waals surface area contributed by atoms with Gasteiger partial charge in [-0.1, -0.05) is 27.7 Å². The molecule has 1 aromatic rings. The van der Waals surface area contributed by atoms with Gasteiger partial charge in [0.1, 0.15) is 0 Å². The molecule has 4 heteroatoms. The average molecular weight is 292 g/mol. The maximum atomic E-state index is 6.17. The van der Waals surface area contributed by atoms with Gasteiger partial charge in [0.2, 0.25) is 0 Å². The van der Waals surface area contributed by atoms with Crippen LogP contribution in [0.25, 0.3) is 0 Å². The molecule has 0 aromatic carbocycles. The number of hydrogen-bond donors (Lipinski definition) is 1. The lowest BCUT2D eigenvalue weighted by Crippen LogP contribution is -2.37. The summed E-state index contributed by atoms with van der Waals surface area (Å²) < 4.78 is 1.94. The van der Waals surface area contributed by atoms with Crippen molar-refractivity contribution in [2.75, 3.05) is 19.6 Å². The molecule has 0 amide bonds. The van der Waals surface area contributed by atoms with Crippen LogP contribution in [0.1, 0.15) is 64.3 Å². The molecule has 1 aromatic heterocycles. The van der Waals surface area contributed by atoms with E-state index < -0.39 is 0 Å². The highest BCUT2D eigenvalue weighted by Crippen LogP contribution is 2.35. The zero-order valence-electron chi connectivity index (χ0n) is 14.4. The molecule has 1 unspecified atom stereocenters. The van der Waals surface area contributed by atoms with E-state index in [2.05, 4.69) is 38.8 Å². The Kier molecular flexibility index (Phi) is 5.10. The van der Waals surface area contributed by atoms with Crippen LogP contribution in [0, 0.1) is 5.92 Å². The maximum absolute atomic E-state index is 6.17. The van der Waals surface area contributed by atoms with E-state index in [4.69, 9.17) is 10.8 Å². The van der Waals surface area contributed by atoms with Gasteiger partial charge in [0.15, 0.2) is 0 Å². The molecule has 0 spiro atoms. The van der Waals surface area contributed by atoms with Crippen molar-refractivity contribution in [2.45, 2.75) is 58.4 Å². The Bertz CT molecular complexity index is 454. The second-order valence-electron chi connectivity index (χ2n) is 7.55. The summed E-state index contributed by atoms with van der Waals surface area (Å²) in [6, 6.07) is 0.300. The molecular weight excluding hydrogens is 260 g/mol. The van der Waals surface area contributed by atoms with E-state index in [1.54, 1.807) is 0 Å². The van der Waals surface area contributed by atoms with Crippen LogP contribution < -0.4 is 5.73 Å². The van der Waals surface area contributed by atoms with Crippen molar-refractivity contribution in [1.82, 2.24) is 14.7 Å². The van der Waals surface area contributed by atoms with E-state index >= 15 is 0 Å². The number of aromatic nitrogens is 2. The Morgan fingerprint density at radius 2 is 2.10 bits per heavy atom. The normalized spacial score (nSPS) is 17.5. The molecule has 1 atom stereocenters. The molecule has 0 radical (unpaired) electrons. The van der Waals surface area contributed by atoms with Crippen LogP contribution in [-0.4, -0.2) is 34.3 Å². The molecule has 1 saturated carbocycles. The van der Waals surface area contributed by atoms with Crippen molar-refractivity contribution in [1.29, 1.82) is 0 Å². The zero-order valence-corrected chi connectivity index (χ0v) is 14.4. The summed E-state index contributed by atoms with van der Waals surface area (Å²) in [7, 11) is 2.01. The predicted octanol–water partition coefficient (Wildman–Crippen LogP) is 2.84. The van der Waals surface area contributed by atoms with Crippen LogP contribution in [0.2, 0.25) is 0 Å². The van der Waals surface area contributed by atoms with E-state index in [1.165, 1.54) is 37.1 Å². The Balaban J connectivity index is 2.29. The number of hydrogen-bond acceptors (Lipinski definition) is 3. The van der Waals surface area contributed by atoms with Gasteiger partial charge >= 0.3 is 0 Å². The van der Waals surface area contributed by atoms with Crippen molar-refractivity contribution in [2.24, 2.45) is 18.7 Å². The minimum absolute atomic E-state index is 0.0570. The van der Waals surface area contributed by atoms with Gasteiger partial charge < -0.3 is 5.73 Å². The first-order valence-corrected chi connectivity index (χ1v) is 8.35. The SMILES string of the molecule is CCCN(CC1CC1)C(CN)c1cn(C)nc1C(C)(C)C. The van der Waals surface area contributed by atoms with Gasteiger partial charge in [-0.25, -0.2) is 0 Å². The van der Waals surface area contributed by atoms with Crippen molar-refractivity contribution in [3.05, 3.63) is 17.5 Å². The van der Waals surface area contributed by atoms with Gasteiger partial charge in [-0.3, -0.25) is 9.58 Å². The maximum Gasteiger partial charge on any atom is 0.0726 e. The standard InChI is InChI=1S/C17H32N4/c1-6-9-21(11-13-7-8-13)15(10-18)14-12-20(5)19-16(14)17(2,3)4/h12-13,15H,6-11,18H2,1-5H3. The van der Waals surface area contributed by atoms with E-state index in [0.717, 1.165) is 12.5 Å². The topological polar surface area (TPSA) is 47.1 Å². The summed E-state index contributed by atoms with van der Waals surface area (Å²) in [4.78, 5) is 2.59. The number of nitrogens with zero attached hydrogens (tertiary/aromatic N) is 3. The highest BCUT2D eigenvalue weighted by atomic mass is 15.3. The van der Waals surface area contributed by atoms with Crippen LogP contribution in [0.3, 0.4) is 0 Å². The van der Waals surface area contributed by atoms with E-state index in [-0.39, 0.29) is 5.41 Å². The van der Waals surface area contributed by atoms with Crippen LogP contribution in [0.5, 0.6) is 0 Å². The van der Waals surface area contributed by atoms with Crippen LogP contribution in [-0.2, 0) is 12.5 Å². The molecule has 1 heterocycles. The molecule has 2 rings (SSSR count). The monoisotopic (exact) mass is 292 g/mol. The van der Waals surface area contributed by atoms with Crippen LogP contribution in [0.4, 0.5) is 0 Å².